The Kier molecular flexibility index (Phi) is 4.01. The predicted molar refractivity (Wildman–Crippen MR) is 64.0 cm³/mol. The van der Waals surface area contributed by atoms with E-state index in [-0.39, 0.29) is 18.2 Å². The zero-order valence-electron chi connectivity index (χ0n) is 10.3. The van der Waals surface area contributed by atoms with Crippen LogP contribution in [0.2, 0.25) is 0 Å². The monoisotopic (exact) mass is 239 g/mol. The third-order valence-electron chi connectivity index (χ3n) is 2.51. The van der Waals surface area contributed by atoms with E-state index in [4.69, 9.17) is 10.5 Å². The topological polar surface area (TPSA) is 91.3 Å². The van der Waals surface area contributed by atoms with Gasteiger partial charge >= 0.3 is 5.69 Å². The lowest BCUT2D eigenvalue weighted by Gasteiger charge is -2.22. The number of rotatable bonds is 5. The molecule has 0 fully saturated rings. The number of ether oxygens (including phenoxy) is 1. The first-order chi connectivity index (χ1) is 7.85. The smallest absolute Gasteiger partial charge is 0.331 e. The molecule has 0 aliphatic rings. The van der Waals surface area contributed by atoms with Crippen LogP contribution in [-0.4, -0.2) is 22.1 Å². The molecule has 0 aromatic carbocycles. The Labute approximate surface area is 99.9 Å². The summed E-state index contributed by atoms with van der Waals surface area (Å²) in [6.45, 7) is 5.69. The number of aromatic nitrogens is 1. The fourth-order valence-electron chi connectivity index (χ4n) is 1.12. The second-order valence-corrected chi connectivity index (χ2v) is 4.39. The van der Waals surface area contributed by atoms with E-state index in [2.05, 4.69) is 4.98 Å². The summed E-state index contributed by atoms with van der Waals surface area (Å²) in [5.41, 5.74) is 5.97. The first-order valence-corrected chi connectivity index (χ1v) is 5.38. The summed E-state index contributed by atoms with van der Waals surface area (Å²) in [4.78, 5) is 14.2. The summed E-state index contributed by atoms with van der Waals surface area (Å²) >= 11 is 0. The minimum absolute atomic E-state index is 0.0192. The zero-order chi connectivity index (χ0) is 13.1. The molecule has 1 aromatic heterocycles. The molecule has 1 heterocycles. The molecule has 1 aromatic rings. The summed E-state index contributed by atoms with van der Waals surface area (Å²) in [5, 5.41) is 10.8. The van der Waals surface area contributed by atoms with Crippen LogP contribution in [0.15, 0.2) is 12.3 Å². The lowest BCUT2D eigenvalue weighted by molar-refractivity contribution is -0.386. The maximum absolute atomic E-state index is 10.8. The molecule has 6 nitrogen and oxygen atoms in total. The number of aryl methyl sites for hydroxylation is 1. The maximum Gasteiger partial charge on any atom is 0.331 e. The SMILES string of the molecule is CCC(C)(N)COc1ncc(C)cc1[N+](=O)[O-]. The number of pyridine rings is 1. The van der Waals surface area contributed by atoms with E-state index in [0.717, 1.165) is 5.56 Å². The third-order valence-corrected chi connectivity index (χ3v) is 2.51. The highest BCUT2D eigenvalue weighted by molar-refractivity contribution is 5.42. The van der Waals surface area contributed by atoms with Gasteiger partial charge in [-0.05, 0) is 25.8 Å². The molecular formula is C11H17N3O3. The Morgan fingerprint density at radius 2 is 2.29 bits per heavy atom. The lowest BCUT2D eigenvalue weighted by atomic mass is 10.0. The van der Waals surface area contributed by atoms with Gasteiger partial charge in [0.2, 0.25) is 0 Å². The van der Waals surface area contributed by atoms with Crippen LogP contribution in [0.1, 0.15) is 25.8 Å². The van der Waals surface area contributed by atoms with Gasteiger partial charge < -0.3 is 10.5 Å². The first kappa shape index (κ1) is 13.4. The Bertz CT molecular complexity index is 418. The van der Waals surface area contributed by atoms with Gasteiger partial charge in [0.25, 0.3) is 5.88 Å². The van der Waals surface area contributed by atoms with Gasteiger partial charge in [-0.2, -0.15) is 0 Å². The number of nitro groups is 1. The first-order valence-electron chi connectivity index (χ1n) is 5.38. The number of nitrogens with two attached hydrogens (primary N) is 1. The van der Waals surface area contributed by atoms with Crippen molar-refractivity contribution in [3.63, 3.8) is 0 Å². The van der Waals surface area contributed by atoms with E-state index in [1.807, 2.05) is 13.8 Å². The van der Waals surface area contributed by atoms with Crippen LogP contribution in [0.5, 0.6) is 5.88 Å². The minimum atomic E-state index is -0.513. The van der Waals surface area contributed by atoms with Crippen molar-refractivity contribution in [2.24, 2.45) is 5.73 Å². The molecule has 0 aliphatic heterocycles. The largest absolute Gasteiger partial charge is 0.471 e. The third kappa shape index (κ3) is 3.67. The van der Waals surface area contributed by atoms with Gasteiger partial charge in [-0.3, -0.25) is 10.1 Å². The molecule has 1 unspecified atom stereocenters. The molecule has 6 heteroatoms. The van der Waals surface area contributed by atoms with Crippen LogP contribution in [-0.2, 0) is 0 Å². The maximum atomic E-state index is 10.8. The lowest BCUT2D eigenvalue weighted by Crippen LogP contribution is -2.41. The molecule has 94 valence electrons. The van der Waals surface area contributed by atoms with Crippen molar-refractivity contribution in [2.45, 2.75) is 32.7 Å². The average molecular weight is 239 g/mol. The van der Waals surface area contributed by atoms with Gasteiger partial charge in [0.15, 0.2) is 0 Å². The average Bonchev–Trinajstić information content (AvgIpc) is 2.27. The van der Waals surface area contributed by atoms with E-state index in [9.17, 15) is 10.1 Å². The Balaban J connectivity index is 2.88. The fourth-order valence-corrected chi connectivity index (χ4v) is 1.12. The number of hydrogen-bond donors (Lipinski definition) is 1. The van der Waals surface area contributed by atoms with Crippen LogP contribution in [0.4, 0.5) is 5.69 Å². The highest BCUT2D eigenvalue weighted by Gasteiger charge is 2.21. The van der Waals surface area contributed by atoms with Crippen molar-refractivity contribution in [1.82, 2.24) is 4.98 Å². The molecule has 0 spiro atoms. The zero-order valence-corrected chi connectivity index (χ0v) is 10.3. The molecule has 0 saturated carbocycles. The highest BCUT2D eigenvalue weighted by Crippen LogP contribution is 2.25. The second kappa shape index (κ2) is 5.09. The van der Waals surface area contributed by atoms with Gasteiger partial charge in [0.1, 0.15) is 6.61 Å². The van der Waals surface area contributed by atoms with E-state index in [1.54, 1.807) is 6.92 Å². The molecular weight excluding hydrogens is 222 g/mol. The van der Waals surface area contributed by atoms with Crippen molar-refractivity contribution >= 4 is 5.69 Å². The van der Waals surface area contributed by atoms with E-state index >= 15 is 0 Å². The van der Waals surface area contributed by atoms with Crippen LogP contribution >= 0.6 is 0 Å². The van der Waals surface area contributed by atoms with Crippen molar-refractivity contribution in [3.05, 3.63) is 27.9 Å². The van der Waals surface area contributed by atoms with E-state index < -0.39 is 10.5 Å². The fraction of sp³-hybridized carbons (Fsp3) is 0.545. The van der Waals surface area contributed by atoms with Crippen LogP contribution in [0.3, 0.4) is 0 Å². The van der Waals surface area contributed by atoms with Gasteiger partial charge in [0, 0.05) is 17.8 Å². The summed E-state index contributed by atoms with van der Waals surface area (Å²) in [6.07, 6.45) is 2.24. The van der Waals surface area contributed by atoms with Crippen LogP contribution in [0, 0.1) is 17.0 Å². The summed E-state index contributed by atoms with van der Waals surface area (Å²) in [7, 11) is 0. The van der Waals surface area contributed by atoms with Gasteiger partial charge in [-0.15, -0.1) is 0 Å². The molecule has 0 saturated heterocycles. The molecule has 1 rings (SSSR count). The van der Waals surface area contributed by atoms with Crippen molar-refractivity contribution in [2.75, 3.05) is 6.61 Å². The molecule has 0 bridgehead atoms. The normalized spacial score (nSPS) is 14.1. The summed E-state index contributed by atoms with van der Waals surface area (Å²) in [5.74, 6) is 0.0192. The molecule has 0 aliphatic carbocycles. The second-order valence-electron chi connectivity index (χ2n) is 4.39. The summed E-state index contributed by atoms with van der Waals surface area (Å²) in [6, 6.07) is 1.43. The van der Waals surface area contributed by atoms with Gasteiger partial charge in [-0.1, -0.05) is 6.92 Å². The summed E-state index contributed by atoms with van der Waals surface area (Å²) < 4.78 is 5.33. The Hall–Kier alpha value is -1.69. The van der Waals surface area contributed by atoms with Gasteiger partial charge in [-0.25, -0.2) is 4.98 Å². The van der Waals surface area contributed by atoms with E-state index in [1.165, 1.54) is 12.3 Å². The van der Waals surface area contributed by atoms with Crippen molar-refractivity contribution in [1.29, 1.82) is 0 Å². The van der Waals surface area contributed by atoms with Crippen molar-refractivity contribution < 1.29 is 9.66 Å². The van der Waals surface area contributed by atoms with Crippen molar-refractivity contribution in [3.8, 4) is 5.88 Å². The van der Waals surface area contributed by atoms with Crippen LogP contribution < -0.4 is 10.5 Å². The number of hydrogen-bond acceptors (Lipinski definition) is 5. The molecule has 1 atom stereocenters. The molecule has 17 heavy (non-hydrogen) atoms. The highest BCUT2D eigenvalue weighted by atomic mass is 16.6. The Morgan fingerprint density at radius 3 is 2.82 bits per heavy atom. The van der Waals surface area contributed by atoms with Gasteiger partial charge in [0.05, 0.1) is 4.92 Å². The van der Waals surface area contributed by atoms with Crippen LogP contribution in [0.25, 0.3) is 0 Å². The minimum Gasteiger partial charge on any atom is -0.471 e. The van der Waals surface area contributed by atoms with E-state index in [0.29, 0.717) is 6.42 Å². The Morgan fingerprint density at radius 1 is 1.65 bits per heavy atom. The predicted octanol–water partition coefficient (Wildman–Crippen LogP) is 1.80. The number of nitrogens with zero attached hydrogens (tertiary/aromatic N) is 2. The molecule has 0 amide bonds. The standard InChI is InChI=1S/C11H17N3O3/c1-4-11(3,12)7-17-10-9(14(15)16)5-8(2)6-13-10/h5-6H,4,7,12H2,1-3H3. The quantitative estimate of drug-likeness (QED) is 0.625. The molecule has 2 N–H and O–H groups in total. The molecule has 0 radical (unpaired) electrons.